The molecule has 0 bridgehead atoms. The third-order valence-corrected chi connectivity index (χ3v) is 2.71. The van der Waals surface area contributed by atoms with Crippen molar-refractivity contribution in [3.63, 3.8) is 0 Å². The second-order valence-electron chi connectivity index (χ2n) is 4.86. The Morgan fingerprint density at radius 1 is 1.16 bits per heavy atom. The number of carbonyl (C=O) groups excluding carboxylic acids is 1. The van der Waals surface area contributed by atoms with E-state index < -0.39 is 0 Å². The molecule has 112 valence electrons. The molecule has 2 N–H and O–H groups in total. The van der Waals surface area contributed by atoms with Crippen LogP contribution in [-0.4, -0.2) is 49.5 Å². The van der Waals surface area contributed by atoms with Crippen molar-refractivity contribution < 1.29 is 4.79 Å². The van der Waals surface area contributed by atoms with E-state index in [-0.39, 0.29) is 5.91 Å². The summed E-state index contributed by atoms with van der Waals surface area (Å²) in [6, 6.07) is 0. The Kier molecular flexibility index (Phi) is 9.94. The minimum atomic E-state index is 0.192. The Bertz CT molecular complexity index is 273. The summed E-state index contributed by atoms with van der Waals surface area (Å²) < 4.78 is 0. The summed E-state index contributed by atoms with van der Waals surface area (Å²) >= 11 is 0. The first-order valence-electron chi connectivity index (χ1n) is 7.34. The van der Waals surface area contributed by atoms with E-state index in [1.807, 2.05) is 25.7 Å². The van der Waals surface area contributed by atoms with Gasteiger partial charge in [-0.1, -0.05) is 13.8 Å². The molecule has 1 amide bonds. The van der Waals surface area contributed by atoms with Crippen molar-refractivity contribution in [1.29, 1.82) is 0 Å². The average molecular weight is 270 g/mol. The number of carbonyl (C=O) groups is 1. The van der Waals surface area contributed by atoms with Crippen molar-refractivity contribution in [2.75, 3.05) is 32.7 Å². The van der Waals surface area contributed by atoms with Crippen LogP contribution in [0.3, 0.4) is 0 Å². The lowest BCUT2D eigenvalue weighted by molar-refractivity contribution is -0.130. The highest BCUT2D eigenvalue weighted by Gasteiger charge is 2.09. The number of guanidine groups is 1. The Labute approximate surface area is 117 Å². The van der Waals surface area contributed by atoms with Crippen LogP contribution in [0.5, 0.6) is 0 Å². The summed E-state index contributed by atoms with van der Waals surface area (Å²) in [6.07, 6.45) is 0.508. The lowest BCUT2D eigenvalue weighted by atomic mass is 10.2. The summed E-state index contributed by atoms with van der Waals surface area (Å²) in [4.78, 5) is 18.1. The normalized spacial score (nSPS) is 11.6. The molecule has 0 aliphatic carbocycles. The van der Waals surface area contributed by atoms with Crippen LogP contribution < -0.4 is 10.6 Å². The van der Waals surface area contributed by atoms with Crippen molar-refractivity contribution in [3.8, 4) is 0 Å². The molecule has 19 heavy (non-hydrogen) atoms. The van der Waals surface area contributed by atoms with Gasteiger partial charge in [0.2, 0.25) is 5.91 Å². The van der Waals surface area contributed by atoms with Gasteiger partial charge in [0, 0.05) is 39.1 Å². The van der Waals surface area contributed by atoms with Crippen molar-refractivity contribution >= 4 is 11.9 Å². The van der Waals surface area contributed by atoms with E-state index in [1.54, 1.807) is 0 Å². The lowest BCUT2D eigenvalue weighted by Crippen LogP contribution is -2.40. The van der Waals surface area contributed by atoms with Gasteiger partial charge in [0.25, 0.3) is 0 Å². The molecular weight excluding hydrogens is 240 g/mol. The van der Waals surface area contributed by atoms with Crippen LogP contribution in [0.1, 0.15) is 41.0 Å². The van der Waals surface area contributed by atoms with E-state index in [2.05, 4.69) is 29.5 Å². The monoisotopic (exact) mass is 270 g/mol. The fourth-order valence-corrected chi connectivity index (χ4v) is 1.64. The van der Waals surface area contributed by atoms with E-state index in [0.717, 1.165) is 32.1 Å². The van der Waals surface area contributed by atoms with Crippen LogP contribution in [0.25, 0.3) is 0 Å². The van der Waals surface area contributed by atoms with Crippen LogP contribution in [0, 0.1) is 5.92 Å². The average Bonchev–Trinajstić information content (AvgIpc) is 2.37. The number of aliphatic imine (C=N–C) groups is 1. The van der Waals surface area contributed by atoms with Crippen molar-refractivity contribution in [1.82, 2.24) is 15.5 Å². The topological polar surface area (TPSA) is 56.7 Å². The molecule has 0 atom stereocenters. The summed E-state index contributed by atoms with van der Waals surface area (Å²) in [5.41, 5.74) is 0. The molecule has 5 heteroatoms. The molecule has 0 aromatic carbocycles. The zero-order valence-corrected chi connectivity index (χ0v) is 13.1. The van der Waals surface area contributed by atoms with Gasteiger partial charge in [0.05, 0.1) is 0 Å². The molecule has 0 saturated carbocycles. The SMILES string of the molecule is CCNC(=NCC(C)C)NCCC(=O)N(CC)CC. The van der Waals surface area contributed by atoms with Gasteiger partial charge in [0.15, 0.2) is 5.96 Å². The lowest BCUT2D eigenvalue weighted by Gasteiger charge is -2.19. The summed E-state index contributed by atoms with van der Waals surface area (Å²) in [6.45, 7) is 14.1. The maximum absolute atomic E-state index is 11.8. The van der Waals surface area contributed by atoms with E-state index in [4.69, 9.17) is 0 Å². The van der Waals surface area contributed by atoms with Crippen molar-refractivity contribution in [2.24, 2.45) is 10.9 Å². The molecule has 0 saturated heterocycles. The van der Waals surface area contributed by atoms with E-state index >= 15 is 0 Å². The van der Waals surface area contributed by atoms with Crippen molar-refractivity contribution in [2.45, 2.75) is 41.0 Å². The van der Waals surface area contributed by atoms with Gasteiger partial charge in [0.1, 0.15) is 0 Å². The molecular formula is C14H30N4O. The third kappa shape index (κ3) is 8.46. The first-order valence-corrected chi connectivity index (χ1v) is 7.34. The largest absolute Gasteiger partial charge is 0.357 e. The molecule has 0 aliphatic rings. The van der Waals surface area contributed by atoms with E-state index in [1.165, 1.54) is 0 Å². The van der Waals surface area contributed by atoms with Gasteiger partial charge in [-0.25, -0.2) is 0 Å². The predicted octanol–water partition coefficient (Wildman–Crippen LogP) is 1.46. The summed E-state index contributed by atoms with van der Waals surface area (Å²) in [7, 11) is 0. The Balaban J connectivity index is 4.11. The second kappa shape index (κ2) is 10.6. The quantitative estimate of drug-likeness (QED) is 0.518. The number of amides is 1. The fraction of sp³-hybridized carbons (Fsp3) is 0.857. The number of hydrogen-bond acceptors (Lipinski definition) is 2. The highest BCUT2D eigenvalue weighted by molar-refractivity contribution is 5.81. The molecule has 0 heterocycles. The van der Waals surface area contributed by atoms with Gasteiger partial charge in [-0.2, -0.15) is 0 Å². The Morgan fingerprint density at radius 2 is 1.79 bits per heavy atom. The number of rotatable bonds is 8. The fourth-order valence-electron chi connectivity index (χ4n) is 1.64. The van der Waals surface area contributed by atoms with Crippen LogP contribution in [0.15, 0.2) is 4.99 Å². The Morgan fingerprint density at radius 3 is 2.26 bits per heavy atom. The first kappa shape index (κ1) is 17.7. The highest BCUT2D eigenvalue weighted by atomic mass is 16.2. The number of nitrogens with one attached hydrogen (secondary N) is 2. The molecule has 0 aliphatic heterocycles. The molecule has 0 rings (SSSR count). The van der Waals surface area contributed by atoms with Crippen molar-refractivity contribution in [3.05, 3.63) is 0 Å². The van der Waals surface area contributed by atoms with Crippen LogP contribution in [0.4, 0.5) is 0 Å². The smallest absolute Gasteiger partial charge is 0.224 e. The molecule has 0 fully saturated rings. The predicted molar refractivity (Wildman–Crippen MR) is 81.4 cm³/mol. The van der Waals surface area contributed by atoms with Gasteiger partial charge >= 0.3 is 0 Å². The summed E-state index contributed by atoms with van der Waals surface area (Å²) in [5.74, 6) is 1.52. The standard InChI is InChI=1S/C14H30N4O/c1-6-15-14(17-11-12(4)5)16-10-9-13(19)18(7-2)8-3/h12H,6-11H2,1-5H3,(H2,15,16,17). The van der Waals surface area contributed by atoms with Gasteiger partial charge < -0.3 is 15.5 Å². The third-order valence-electron chi connectivity index (χ3n) is 2.71. The van der Waals surface area contributed by atoms with Crippen LogP contribution >= 0.6 is 0 Å². The minimum absolute atomic E-state index is 0.192. The maximum atomic E-state index is 11.8. The highest BCUT2D eigenvalue weighted by Crippen LogP contribution is 1.94. The van der Waals surface area contributed by atoms with E-state index in [9.17, 15) is 4.79 Å². The number of hydrogen-bond donors (Lipinski definition) is 2. The molecule has 0 unspecified atom stereocenters. The van der Waals surface area contributed by atoms with Gasteiger partial charge in [-0.05, 0) is 26.7 Å². The first-order chi connectivity index (χ1) is 9.04. The van der Waals surface area contributed by atoms with E-state index in [0.29, 0.717) is 18.9 Å². The molecule has 0 radical (unpaired) electrons. The number of nitrogens with zero attached hydrogens (tertiary/aromatic N) is 2. The zero-order chi connectivity index (χ0) is 14.7. The van der Waals surface area contributed by atoms with Crippen LogP contribution in [-0.2, 0) is 4.79 Å². The summed E-state index contributed by atoms with van der Waals surface area (Å²) in [5, 5.41) is 6.38. The molecule has 0 aromatic rings. The molecule has 5 nitrogen and oxygen atoms in total. The molecule has 0 aromatic heterocycles. The van der Waals surface area contributed by atoms with Gasteiger partial charge in [-0.15, -0.1) is 0 Å². The van der Waals surface area contributed by atoms with Gasteiger partial charge in [-0.3, -0.25) is 9.79 Å². The minimum Gasteiger partial charge on any atom is -0.357 e. The zero-order valence-electron chi connectivity index (χ0n) is 13.1. The Hall–Kier alpha value is -1.26. The second-order valence-corrected chi connectivity index (χ2v) is 4.86. The molecule has 0 spiro atoms. The van der Waals surface area contributed by atoms with Crippen LogP contribution in [0.2, 0.25) is 0 Å². The maximum Gasteiger partial charge on any atom is 0.224 e.